The summed E-state index contributed by atoms with van der Waals surface area (Å²) in [7, 11) is 0. The molecule has 1 fully saturated rings. The van der Waals surface area contributed by atoms with Crippen molar-refractivity contribution in [1.29, 1.82) is 5.26 Å². The Morgan fingerprint density at radius 2 is 2.07 bits per heavy atom. The monoisotopic (exact) mass is 195 g/mol. The van der Waals surface area contributed by atoms with Crippen LogP contribution in [0.1, 0.15) is 47.0 Å². The lowest BCUT2D eigenvalue weighted by Gasteiger charge is -2.41. The summed E-state index contributed by atoms with van der Waals surface area (Å²) >= 11 is 0. The molecule has 3 atom stereocenters. The first-order valence-electron chi connectivity index (χ1n) is 5.61. The lowest BCUT2D eigenvalue weighted by atomic mass is 9.71. The summed E-state index contributed by atoms with van der Waals surface area (Å²) < 4.78 is 5.85. The van der Waals surface area contributed by atoms with Crippen LogP contribution in [-0.4, -0.2) is 11.7 Å². The summed E-state index contributed by atoms with van der Waals surface area (Å²) in [5, 5.41) is 9.30. The van der Waals surface area contributed by atoms with Gasteiger partial charge in [-0.3, -0.25) is 0 Å². The smallest absolute Gasteiger partial charge is 0.157 e. The number of ether oxygens (including phenoxy) is 1. The molecule has 1 aliphatic rings. The topological polar surface area (TPSA) is 33.0 Å². The first kappa shape index (κ1) is 11.5. The zero-order valence-corrected chi connectivity index (χ0v) is 9.71. The third kappa shape index (κ3) is 2.09. The molecule has 0 amide bonds. The van der Waals surface area contributed by atoms with Gasteiger partial charge in [-0.2, -0.15) is 5.26 Å². The molecule has 1 aliphatic carbocycles. The van der Waals surface area contributed by atoms with Gasteiger partial charge >= 0.3 is 0 Å². The molecule has 0 saturated heterocycles. The molecule has 0 aromatic carbocycles. The Balaban J connectivity index is 2.81. The Bertz CT molecular complexity index is 231. The first-order chi connectivity index (χ1) is 6.52. The number of nitriles is 1. The molecule has 2 nitrogen and oxygen atoms in total. The molecule has 14 heavy (non-hydrogen) atoms. The van der Waals surface area contributed by atoms with E-state index >= 15 is 0 Å². The number of rotatable bonds is 2. The molecule has 1 saturated carbocycles. The number of nitrogens with zero attached hydrogens (tertiary/aromatic N) is 1. The van der Waals surface area contributed by atoms with Gasteiger partial charge in [-0.1, -0.05) is 20.3 Å². The maximum atomic E-state index is 9.30. The van der Waals surface area contributed by atoms with Gasteiger partial charge in [0.05, 0.1) is 12.2 Å². The summed E-state index contributed by atoms with van der Waals surface area (Å²) in [6, 6.07) is 2.41. The van der Waals surface area contributed by atoms with E-state index in [-0.39, 0.29) is 6.10 Å². The standard InChI is InChI=1S/C12H21NO/c1-9(2)14-12(8-13)7-5-6-10(3)11(12)4/h9-11H,5-7H2,1-4H3. The average Bonchev–Trinajstić information content (AvgIpc) is 2.12. The van der Waals surface area contributed by atoms with E-state index in [1.807, 2.05) is 13.8 Å². The van der Waals surface area contributed by atoms with E-state index in [0.717, 1.165) is 12.8 Å². The molecule has 0 aromatic rings. The normalized spacial score (nSPS) is 38.3. The third-order valence-corrected chi connectivity index (χ3v) is 3.43. The molecule has 3 unspecified atom stereocenters. The third-order valence-electron chi connectivity index (χ3n) is 3.43. The second-order valence-electron chi connectivity index (χ2n) is 4.83. The molecule has 80 valence electrons. The maximum absolute atomic E-state index is 9.30. The van der Waals surface area contributed by atoms with Crippen molar-refractivity contribution in [3.8, 4) is 6.07 Å². The molecule has 0 heterocycles. The minimum absolute atomic E-state index is 0.141. The molecule has 2 heteroatoms. The van der Waals surface area contributed by atoms with E-state index < -0.39 is 5.60 Å². The molecule has 0 bridgehead atoms. The molecule has 0 N–H and O–H groups in total. The van der Waals surface area contributed by atoms with Gasteiger partial charge in [0.1, 0.15) is 0 Å². The van der Waals surface area contributed by atoms with Gasteiger partial charge < -0.3 is 4.74 Å². The van der Waals surface area contributed by atoms with E-state index in [1.54, 1.807) is 0 Å². The Morgan fingerprint density at radius 1 is 1.43 bits per heavy atom. The van der Waals surface area contributed by atoms with Crippen molar-refractivity contribution in [2.75, 3.05) is 0 Å². The predicted molar refractivity (Wildman–Crippen MR) is 56.7 cm³/mol. The van der Waals surface area contributed by atoms with E-state index in [0.29, 0.717) is 11.8 Å². The SMILES string of the molecule is CC(C)OC1(C#N)CCCC(C)C1C. The maximum Gasteiger partial charge on any atom is 0.157 e. The number of hydrogen-bond donors (Lipinski definition) is 0. The van der Waals surface area contributed by atoms with E-state index in [1.165, 1.54) is 6.42 Å². The van der Waals surface area contributed by atoms with E-state index in [4.69, 9.17) is 4.74 Å². The lowest BCUT2D eigenvalue weighted by Crippen LogP contribution is -2.45. The van der Waals surface area contributed by atoms with Crippen LogP contribution in [0.5, 0.6) is 0 Å². The van der Waals surface area contributed by atoms with Gasteiger partial charge in [0.2, 0.25) is 0 Å². The summed E-state index contributed by atoms with van der Waals surface area (Å²) in [6.07, 6.45) is 3.38. The van der Waals surface area contributed by atoms with Crippen LogP contribution < -0.4 is 0 Å². The van der Waals surface area contributed by atoms with Crippen LogP contribution in [0.3, 0.4) is 0 Å². The minimum atomic E-state index is -0.522. The summed E-state index contributed by atoms with van der Waals surface area (Å²) in [4.78, 5) is 0. The van der Waals surface area contributed by atoms with Gasteiger partial charge in [-0.15, -0.1) is 0 Å². The van der Waals surface area contributed by atoms with Crippen LogP contribution >= 0.6 is 0 Å². The van der Waals surface area contributed by atoms with Gasteiger partial charge in [0.25, 0.3) is 0 Å². The Kier molecular flexibility index (Phi) is 3.55. The fraction of sp³-hybridized carbons (Fsp3) is 0.917. The zero-order chi connectivity index (χ0) is 10.8. The van der Waals surface area contributed by atoms with E-state index in [2.05, 4.69) is 19.9 Å². The van der Waals surface area contributed by atoms with Crippen molar-refractivity contribution in [1.82, 2.24) is 0 Å². The van der Waals surface area contributed by atoms with Crippen LogP contribution in [0.25, 0.3) is 0 Å². The van der Waals surface area contributed by atoms with Crippen LogP contribution in [-0.2, 0) is 4.74 Å². The van der Waals surface area contributed by atoms with Crippen LogP contribution in [0.2, 0.25) is 0 Å². The second kappa shape index (κ2) is 4.31. The quantitative estimate of drug-likeness (QED) is 0.678. The molecule has 0 aliphatic heterocycles. The fourth-order valence-electron chi connectivity index (χ4n) is 2.39. The van der Waals surface area contributed by atoms with Crippen molar-refractivity contribution >= 4 is 0 Å². The summed E-state index contributed by atoms with van der Waals surface area (Å²) in [6.45, 7) is 8.38. The molecule has 0 radical (unpaired) electrons. The fourth-order valence-corrected chi connectivity index (χ4v) is 2.39. The van der Waals surface area contributed by atoms with Gasteiger partial charge in [-0.05, 0) is 32.6 Å². The Hall–Kier alpha value is -0.550. The minimum Gasteiger partial charge on any atom is -0.357 e. The van der Waals surface area contributed by atoms with Crippen molar-refractivity contribution < 1.29 is 4.74 Å². The highest BCUT2D eigenvalue weighted by Gasteiger charge is 2.43. The highest BCUT2D eigenvalue weighted by Crippen LogP contribution is 2.40. The second-order valence-corrected chi connectivity index (χ2v) is 4.83. The molecule has 1 rings (SSSR count). The van der Waals surface area contributed by atoms with Gasteiger partial charge in [-0.25, -0.2) is 0 Å². The van der Waals surface area contributed by atoms with Crippen molar-refractivity contribution in [2.45, 2.75) is 58.7 Å². The van der Waals surface area contributed by atoms with Crippen LogP contribution in [0, 0.1) is 23.2 Å². The van der Waals surface area contributed by atoms with Crippen molar-refractivity contribution in [3.05, 3.63) is 0 Å². The lowest BCUT2D eigenvalue weighted by molar-refractivity contribution is -0.106. The Morgan fingerprint density at radius 3 is 2.57 bits per heavy atom. The summed E-state index contributed by atoms with van der Waals surface area (Å²) in [5.41, 5.74) is -0.522. The van der Waals surface area contributed by atoms with Crippen molar-refractivity contribution in [3.63, 3.8) is 0 Å². The molecular weight excluding hydrogens is 174 g/mol. The summed E-state index contributed by atoms with van der Waals surface area (Å²) in [5.74, 6) is 0.950. The van der Waals surface area contributed by atoms with Crippen LogP contribution in [0.4, 0.5) is 0 Å². The van der Waals surface area contributed by atoms with Crippen molar-refractivity contribution in [2.24, 2.45) is 11.8 Å². The predicted octanol–water partition coefficient (Wildman–Crippen LogP) is 3.13. The average molecular weight is 195 g/mol. The molecular formula is C12H21NO. The van der Waals surface area contributed by atoms with Crippen LogP contribution in [0.15, 0.2) is 0 Å². The van der Waals surface area contributed by atoms with Gasteiger partial charge in [0.15, 0.2) is 5.60 Å². The highest BCUT2D eigenvalue weighted by atomic mass is 16.5. The molecule has 0 aromatic heterocycles. The molecule has 0 spiro atoms. The number of hydrogen-bond acceptors (Lipinski definition) is 2. The Labute approximate surface area is 87.3 Å². The largest absolute Gasteiger partial charge is 0.357 e. The van der Waals surface area contributed by atoms with Gasteiger partial charge in [0, 0.05) is 5.92 Å². The highest BCUT2D eigenvalue weighted by molar-refractivity contribution is 5.08. The van der Waals surface area contributed by atoms with E-state index in [9.17, 15) is 5.26 Å². The zero-order valence-electron chi connectivity index (χ0n) is 9.71. The first-order valence-corrected chi connectivity index (χ1v) is 5.61.